The van der Waals surface area contributed by atoms with Crippen molar-refractivity contribution in [1.29, 1.82) is 0 Å². The normalized spacial score (nSPS) is 21.1. The third-order valence-electron chi connectivity index (χ3n) is 6.83. The second-order valence-corrected chi connectivity index (χ2v) is 8.79. The number of halogens is 1. The number of fused-ring (bicyclic) bond motifs is 4. The van der Waals surface area contributed by atoms with Crippen LogP contribution in [0.5, 0.6) is 17.2 Å². The van der Waals surface area contributed by atoms with E-state index in [-0.39, 0.29) is 23.8 Å². The topological polar surface area (TPSA) is 73.0 Å². The predicted molar refractivity (Wildman–Crippen MR) is 130 cm³/mol. The quantitative estimate of drug-likeness (QED) is 0.507. The van der Waals surface area contributed by atoms with Crippen LogP contribution in [0.15, 0.2) is 48.2 Å². The Bertz CT molecular complexity index is 1280. The first-order chi connectivity index (χ1) is 16.6. The first-order valence-corrected chi connectivity index (χ1v) is 11.6. The average molecular weight is 483 g/mol. The first-order valence-electron chi connectivity index (χ1n) is 11.1. The van der Waals surface area contributed by atoms with Crippen LogP contribution in [0.1, 0.15) is 33.6 Å². The molecule has 2 unspecified atom stereocenters. The molecule has 3 atom stereocenters. The van der Waals surface area contributed by atoms with E-state index in [1.807, 2.05) is 35.2 Å². The Morgan fingerprint density at radius 2 is 1.79 bits per heavy atom. The number of benzene rings is 2. The molecule has 0 bridgehead atoms. The standard InChI is InChI=1S/C26H27ClN2O5/c1-31-20-11-19-22(17-8-6-5-7-16(17)20)15(12-27)13-29(19)26(30)18-9-14-10-21(32-2)24(33-3)25(34-4)23(14)28-18/h5-11,15,20,22,28H,12-13H2,1-4H3/t15-,20?,22?/m1/s1. The number of hydrogen-bond acceptors (Lipinski definition) is 5. The highest BCUT2D eigenvalue weighted by molar-refractivity contribution is 6.18. The first kappa shape index (κ1) is 22.6. The summed E-state index contributed by atoms with van der Waals surface area (Å²) in [5.74, 6) is 1.96. The third-order valence-corrected chi connectivity index (χ3v) is 7.22. The molecule has 5 rings (SSSR count). The molecule has 0 saturated carbocycles. The number of rotatable bonds is 6. The van der Waals surface area contributed by atoms with Gasteiger partial charge in [0.1, 0.15) is 11.8 Å². The van der Waals surface area contributed by atoms with Crippen LogP contribution in [0, 0.1) is 5.92 Å². The smallest absolute Gasteiger partial charge is 0.274 e. The highest BCUT2D eigenvalue weighted by atomic mass is 35.5. The van der Waals surface area contributed by atoms with Crippen molar-refractivity contribution in [2.75, 3.05) is 40.9 Å². The second-order valence-electron chi connectivity index (χ2n) is 8.48. The monoisotopic (exact) mass is 482 g/mol. The fourth-order valence-corrected chi connectivity index (χ4v) is 5.57. The molecule has 0 radical (unpaired) electrons. The summed E-state index contributed by atoms with van der Waals surface area (Å²) < 4.78 is 22.3. The average Bonchev–Trinajstić information content (AvgIpc) is 3.47. The molecular weight excluding hydrogens is 456 g/mol. The molecule has 2 heterocycles. The van der Waals surface area contributed by atoms with Crippen LogP contribution in [0.4, 0.5) is 0 Å². The van der Waals surface area contributed by atoms with Gasteiger partial charge in [0.05, 0.1) is 26.8 Å². The van der Waals surface area contributed by atoms with Gasteiger partial charge in [0.15, 0.2) is 11.5 Å². The zero-order valence-corrected chi connectivity index (χ0v) is 20.3. The summed E-state index contributed by atoms with van der Waals surface area (Å²) >= 11 is 6.40. The summed E-state index contributed by atoms with van der Waals surface area (Å²) in [6.07, 6.45) is 1.83. The number of carbonyl (C=O) groups excluding carboxylic acids is 1. The number of amides is 1. The highest BCUT2D eigenvalue weighted by Gasteiger charge is 2.44. The van der Waals surface area contributed by atoms with Crippen LogP contribution in [0.25, 0.3) is 10.9 Å². The van der Waals surface area contributed by atoms with Crippen molar-refractivity contribution < 1.29 is 23.7 Å². The number of allylic oxidation sites excluding steroid dienone is 1. The molecule has 1 amide bonds. The van der Waals surface area contributed by atoms with Gasteiger partial charge in [-0.3, -0.25) is 4.79 Å². The second kappa shape index (κ2) is 8.89. The van der Waals surface area contributed by atoms with E-state index in [0.29, 0.717) is 40.9 Å². The molecular formula is C26H27ClN2O5. The third kappa shape index (κ3) is 3.34. The molecule has 1 aliphatic heterocycles. The van der Waals surface area contributed by atoms with E-state index in [1.165, 1.54) is 5.56 Å². The maximum Gasteiger partial charge on any atom is 0.274 e. The fraction of sp³-hybridized carbons (Fsp3) is 0.346. The molecule has 178 valence electrons. The van der Waals surface area contributed by atoms with Gasteiger partial charge in [0.2, 0.25) is 5.75 Å². The highest BCUT2D eigenvalue weighted by Crippen LogP contribution is 2.49. The van der Waals surface area contributed by atoms with Crippen molar-refractivity contribution in [3.8, 4) is 17.2 Å². The van der Waals surface area contributed by atoms with Crippen molar-refractivity contribution in [1.82, 2.24) is 9.88 Å². The van der Waals surface area contributed by atoms with Crippen LogP contribution in [-0.2, 0) is 4.74 Å². The van der Waals surface area contributed by atoms with E-state index in [9.17, 15) is 4.79 Å². The lowest BCUT2D eigenvalue weighted by molar-refractivity contribution is 0.0809. The van der Waals surface area contributed by atoms with Gasteiger partial charge in [0.25, 0.3) is 5.91 Å². The number of ether oxygens (including phenoxy) is 4. The number of H-pyrrole nitrogens is 1. The van der Waals surface area contributed by atoms with Crippen LogP contribution in [0.2, 0.25) is 0 Å². The fourth-order valence-electron chi connectivity index (χ4n) is 5.30. The molecule has 1 aliphatic carbocycles. The van der Waals surface area contributed by atoms with Gasteiger partial charge in [-0.1, -0.05) is 24.3 Å². The van der Waals surface area contributed by atoms with E-state index in [2.05, 4.69) is 17.1 Å². The minimum absolute atomic E-state index is 0.0446. The van der Waals surface area contributed by atoms with Crippen molar-refractivity contribution in [2.24, 2.45) is 5.92 Å². The van der Waals surface area contributed by atoms with Crippen molar-refractivity contribution in [3.05, 3.63) is 65.0 Å². The van der Waals surface area contributed by atoms with E-state index in [4.69, 9.17) is 30.5 Å². The van der Waals surface area contributed by atoms with Crippen molar-refractivity contribution in [2.45, 2.75) is 12.0 Å². The number of methoxy groups -OCH3 is 4. The van der Waals surface area contributed by atoms with Crippen LogP contribution < -0.4 is 14.2 Å². The Morgan fingerprint density at radius 1 is 1.06 bits per heavy atom. The number of likely N-dealkylation sites (tertiary alicyclic amines) is 1. The van der Waals surface area contributed by atoms with Gasteiger partial charge in [-0.05, 0) is 29.3 Å². The van der Waals surface area contributed by atoms with Crippen molar-refractivity contribution in [3.63, 3.8) is 0 Å². The van der Waals surface area contributed by atoms with E-state index >= 15 is 0 Å². The molecule has 1 aromatic heterocycles. The number of hydrogen-bond donors (Lipinski definition) is 1. The summed E-state index contributed by atoms with van der Waals surface area (Å²) in [6, 6.07) is 11.9. The number of nitrogens with zero attached hydrogens (tertiary/aromatic N) is 1. The maximum atomic E-state index is 13.8. The Hall–Kier alpha value is -3.16. The summed E-state index contributed by atoms with van der Waals surface area (Å²) in [5.41, 5.74) is 4.34. The maximum absolute atomic E-state index is 13.8. The Balaban J connectivity index is 1.58. The summed E-state index contributed by atoms with van der Waals surface area (Å²) in [6.45, 7) is 0.531. The molecule has 34 heavy (non-hydrogen) atoms. The lowest BCUT2D eigenvalue weighted by atomic mass is 9.79. The lowest BCUT2D eigenvalue weighted by Gasteiger charge is -2.30. The van der Waals surface area contributed by atoms with Crippen molar-refractivity contribution >= 4 is 28.4 Å². The number of carbonyl (C=O) groups is 1. The minimum Gasteiger partial charge on any atom is -0.493 e. The molecule has 8 heteroatoms. The largest absolute Gasteiger partial charge is 0.493 e. The molecule has 2 aliphatic rings. The number of aromatic amines is 1. The molecule has 0 spiro atoms. The zero-order chi connectivity index (χ0) is 24.0. The Morgan fingerprint density at radius 3 is 2.44 bits per heavy atom. The Kier molecular flexibility index (Phi) is 5.91. The summed E-state index contributed by atoms with van der Waals surface area (Å²) in [7, 11) is 6.36. The minimum atomic E-state index is -0.219. The molecule has 7 nitrogen and oxygen atoms in total. The molecule has 1 fully saturated rings. The Labute approximate surface area is 203 Å². The van der Waals surface area contributed by atoms with Gasteiger partial charge in [0, 0.05) is 42.5 Å². The van der Waals surface area contributed by atoms with Gasteiger partial charge in [-0.25, -0.2) is 0 Å². The summed E-state index contributed by atoms with van der Waals surface area (Å²) in [5, 5.41) is 0.792. The number of alkyl halides is 1. The zero-order valence-electron chi connectivity index (χ0n) is 19.6. The lowest BCUT2D eigenvalue weighted by Crippen LogP contribution is -2.29. The molecule has 1 N–H and O–H groups in total. The predicted octanol–water partition coefficient (Wildman–Crippen LogP) is 4.87. The SMILES string of the molecule is COc1cc2cc(C(=O)N3C[C@@H](CCl)C4C3=CC(OC)c3ccccc34)[nH]c2c(OC)c1OC. The van der Waals surface area contributed by atoms with Crippen LogP contribution in [0.3, 0.4) is 0 Å². The number of nitrogens with one attached hydrogen (secondary N) is 1. The van der Waals surface area contributed by atoms with Gasteiger partial charge in [-0.15, -0.1) is 11.6 Å². The van der Waals surface area contributed by atoms with E-state index in [1.54, 1.807) is 28.4 Å². The molecule has 2 aromatic carbocycles. The van der Waals surface area contributed by atoms with Gasteiger partial charge >= 0.3 is 0 Å². The van der Waals surface area contributed by atoms with E-state index in [0.717, 1.165) is 16.6 Å². The van der Waals surface area contributed by atoms with E-state index < -0.39 is 0 Å². The van der Waals surface area contributed by atoms with Gasteiger partial charge < -0.3 is 28.8 Å². The number of aromatic nitrogens is 1. The summed E-state index contributed by atoms with van der Waals surface area (Å²) in [4.78, 5) is 18.9. The van der Waals surface area contributed by atoms with Gasteiger partial charge in [-0.2, -0.15) is 0 Å². The van der Waals surface area contributed by atoms with Crippen LogP contribution in [-0.4, -0.2) is 56.7 Å². The molecule has 1 saturated heterocycles. The molecule has 3 aromatic rings. The van der Waals surface area contributed by atoms with Crippen LogP contribution >= 0.6 is 11.6 Å².